The Balaban J connectivity index is 2.33. The van der Waals surface area contributed by atoms with Gasteiger partial charge in [0.15, 0.2) is 0 Å². The summed E-state index contributed by atoms with van der Waals surface area (Å²) in [6.45, 7) is 1.98. The second-order valence-corrected chi connectivity index (χ2v) is 4.99. The third-order valence-electron chi connectivity index (χ3n) is 3.31. The van der Waals surface area contributed by atoms with Crippen molar-refractivity contribution in [1.82, 2.24) is 15.1 Å². The molecule has 1 atom stereocenters. The van der Waals surface area contributed by atoms with Gasteiger partial charge >= 0.3 is 5.97 Å². The van der Waals surface area contributed by atoms with Crippen molar-refractivity contribution in [3.63, 3.8) is 0 Å². The molecule has 1 aliphatic rings. The first kappa shape index (κ1) is 15.7. The van der Waals surface area contributed by atoms with Crippen LogP contribution in [0.15, 0.2) is 11.0 Å². The lowest BCUT2D eigenvalue weighted by atomic mass is 10.2. The number of rotatable bonds is 5. The Hall–Kier alpha value is -1.64. The number of hydrogen-bond acceptors (Lipinski definition) is 6. The number of aliphatic carboxylic acids is 1. The zero-order valence-corrected chi connectivity index (χ0v) is 12.3. The number of methoxy groups -OCH3 is 1. The van der Waals surface area contributed by atoms with Crippen molar-refractivity contribution < 1.29 is 14.6 Å². The van der Waals surface area contributed by atoms with Crippen LogP contribution in [0.5, 0.6) is 0 Å². The minimum absolute atomic E-state index is 0.0192. The van der Waals surface area contributed by atoms with Gasteiger partial charge in [-0.25, -0.2) is 9.48 Å². The highest BCUT2D eigenvalue weighted by atomic mass is 35.5. The van der Waals surface area contributed by atoms with E-state index in [1.807, 2.05) is 0 Å². The van der Waals surface area contributed by atoms with Crippen LogP contribution in [0, 0.1) is 0 Å². The Morgan fingerprint density at radius 2 is 2.43 bits per heavy atom. The molecule has 1 aromatic rings. The normalized spacial score (nSPS) is 18.8. The SMILES string of the molecule is COCCn1ncc(N2CCNCC2C(=O)O)c(Cl)c1=O. The van der Waals surface area contributed by atoms with Gasteiger partial charge < -0.3 is 20.1 Å². The maximum absolute atomic E-state index is 12.1. The Labute approximate surface area is 126 Å². The maximum Gasteiger partial charge on any atom is 0.327 e. The van der Waals surface area contributed by atoms with Crippen LogP contribution in [-0.4, -0.2) is 60.2 Å². The summed E-state index contributed by atoms with van der Waals surface area (Å²) in [7, 11) is 1.53. The van der Waals surface area contributed by atoms with E-state index in [1.165, 1.54) is 18.0 Å². The second-order valence-electron chi connectivity index (χ2n) is 4.62. The lowest BCUT2D eigenvalue weighted by Crippen LogP contribution is -2.55. The van der Waals surface area contributed by atoms with Gasteiger partial charge in [0.1, 0.15) is 11.1 Å². The monoisotopic (exact) mass is 316 g/mol. The zero-order chi connectivity index (χ0) is 15.4. The van der Waals surface area contributed by atoms with Crippen LogP contribution < -0.4 is 15.8 Å². The summed E-state index contributed by atoms with van der Waals surface area (Å²) in [5.41, 5.74) is -0.0990. The number of carbonyl (C=O) groups is 1. The maximum atomic E-state index is 12.1. The van der Waals surface area contributed by atoms with Crippen molar-refractivity contribution in [2.45, 2.75) is 12.6 Å². The van der Waals surface area contributed by atoms with Crippen molar-refractivity contribution in [3.8, 4) is 0 Å². The van der Waals surface area contributed by atoms with Crippen molar-refractivity contribution in [2.24, 2.45) is 0 Å². The molecule has 2 N–H and O–H groups in total. The molecule has 0 bridgehead atoms. The minimum Gasteiger partial charge on any atom is -0.480 e. The quantitative estimate of drug-likeness (QED) is 0.749. The molecule has 0 saturated carbocycles. The van der Waals surface area contributed by atoms with Crippen LogP contribution in [0.3, 0.4) is 0 Å². The largest absolute Gasteiger partial charge is 0.480 e. The van der Waals surface area contributed by atoms with Crippen molar-refractivity contribution in [3.05, 3.63) is 21.6 Å². The fraction of sp³-hybridized carbons (Fsp3) is 0.583. The fourth-order valence-corrected chi connectivity index (χ4v) is 2.46. The third kappa shape index (κ3) is 3.34. The van der Waals surface area contributed by atoms with Crippen LogP contribution in [-0.2, 0) is 16.1 Å². The standard InChI is InChI=1S/C12H17ClN4O4/c1-21-5-4-17-11(18)10(13)8(7-15-17)16-3-2-14-6-9(16)12(19)20/h7,9,14H,2-6H2,1H3,(H,19,20). The highest BCUT2D eigenvalue weighted by Crippen LogP contribution is 2.24. The smallest absolute Gasteiger partial charge is 0.327 e. The van der Waals surface area contributed by atoms with E-state index in [1.54, 1.807) is 4.90 Å². The molecule has 9 heteroatoms. The number of piperazine rings is 1. The van der Waals surface area contributed by atoms with E-state index in [9.17, 15) is 14.7 Å². The predicted octanol–water partition coefficient (Wildman–Crippen LogP) is -0.594. The summed E-state index contributed by atoms with van der Waals surface area (Å²) in [4.78, 5) is 25.0. The Morgan fingerprint density at radius 1 is 1.67 bits per heavy atom. The topological polar surface area (TPSA) is 96.7 Å². The predicted molar refractivity (Wildman–Crippen MR) is 77.0 cm³/mol. The van der Waals surface area contributed by atoms with Gasteiger partial charge in [0.2, 0.25) is 0 Å². The Bertz CT molecular complexity index is 577. The lowest BCUT2D eigenvalue weighted by molar-refractivity contribution is -0.138. The van der Waals surface area contributed by atoms with Crippen LogP contribution in [0.1, 0.15) is 0 Å². The van der Waals surface area contributed by atoms with Crippen molar-refractivity contribution >= 4 is 23.3 Å². The van der Waals surface area contributed by atoms with Gasteiger partial charge in [-0.2, -0.15) is 5.10 Å². The first-order chi connectivity index (χ1) is 10.1. The summed E-state index contributed by atoms with van der Waals surface area (Å²) < 4.78 is 6.10. The molecule has 1 fully saturated rings. The number of anilines is 1. The second kappa shape index (κ2) is 6.88. The number of carboxylic acid groups (broad SMARTS) is 1. The molecular weight excluding hydrogens is 300 g/mol. The van der Waals surface area contributed by atoms with Crippen LogP contribution in [0.4, 0.5) is 5.69 Å². The molecule has 1 aliphatic heterocycles. The minimum atomic E-state index is -0.971. The number of halogens is 1. The number of aromatic nitrogens is 2. The summed E-state index contributed by atoms with van der Waals surface area (Å²) in [5.74, 6) is -0.971. The third-order valence-corrected chi connectivity index (χ3v) is 3.67. The average Bonchev–Trinajstić information content (AvgIpc) is 2.49. The number of hydrogen-bond donors (Lipinski definition) is 2. The number of nitrogens with one attached hydrogen (secondary N) is 1. The van der Waals surface area contributed by atoms with Crippen molar-refractivity contribution in [1.29, 1.82) is 0 Å². The molecule has 0 amide bonds. The van der Waals surface area contributed by atoms with Gasteiger partial charge in [-0.3, -0.25) is 4.79 Å². The van der Waals surface area contributed by atoms with E-state index in [0.717, 1.165) is 0 Å². The summed E-state index contributed by atoms with van der Waals surface area (Å²) in [6.07, 6.45) is 1.43. The van der Waals surface area contributed by atoms with Gasteiger partial charge in [-0.05, 0) is 0 Å². The molecule has 2 rings (SSSR count). The molecule has 1 unspecified atom stereocenters. The Kier molecular flexibility index (Phi) is 5.16. The first-order valence-electron chi connectivity index (χ1n) is 6.51. The highest BCUT2D eigenvalue weighted by Gasteiger charge is 2.30. The molecule has 1 aromatic heterocycles. The fourth-order valence-electron chi connectivity index (χ4n) is 2.21. The molecule has 116 valence electrons. The molecule has 0 aliphatic carbocycles. The summed E-state index contributed by atoms with van der Waals surface area (Å²) in [6, 6.07) is -0.771. The van der Waals surface area contributed by atoms with Crippen LogP contribution in [0.25, 0.3) is 0 Å². The molecule has 2 heterocycles. The lowest BCUT2D eigenvalue weighted by Gasteiger charge is -2.35. The van der Waals surface area contributed by atoms with Gasteiger partial charge in [0.05, 0.1) is 25.0 Å². The van der Waals surface area contributed by atoms with E-state index in [4.69, 9.17) is 16.3 Å². The summed E-state index contributed by atoms with van der Waals surface area (Å²) in [5, 5.41) is 16.3. The van der Waals surface area contributed by atoms with Gasteiger partial charge in [-0.1, -0.05) is 11.6 Å². The average molecular weight is 317 g/mol. The van der Waals surface area contributed by atoms with Crippen LogP contribution in [0.2, 0.25) is 5.02 Å². The Morgan fingerprint density at radius 3 is 3.10 bits per heavy atom. The van der Waals surface area contributed by atoms with Gasteiger partial charge in [-0.15, -0.1) is 0 Å². The zero-order valence-electron chi connectivity index (χ0n) is 11.6. The molecule has 21 heavy (non-hydrogen) atoms. The van der Waals surface area contributed by atoms with E-state index in [0.29, 0.717) is 38.5 Å². The molecule has 0 spiro atoms. The van der Waals surface area contributed by atoms with Gasteiger partial charge in [0.25, 0.3) is 5.56 Å². The van der Waals surface area contributed by atoms with E-state index >= 15 is 0 Å². The number of ether oxygens (including phenoxy) is 1. The summed E-state index contributed by atoms with van der Waals surface area (Å²) >= 11 is 6.11. The molecule has 0 aromatic carbocycles. The van der Waals surface area contributed by atoms with E-state index in [-0.39, 0.29) is 5.02 Å². The number of nitrogens with zero attached hydrogens (tertiary/aromatic N) is 3. The number of carboxylic acids is 1. The van der Waals surface area contributed by atoms with E-state index in [2.05, 4.69) is 10.4 Å². The molecule has 0 radical (unpaired) electrons. The van der Waals surface area contributed by atoms with Crippen LogP contribution >= 0.6 is 11.6 Å². The molecule has 8 nitrogen and oxygen atoms in total. The molecule has 1 saturated heterocycles. The van der Waals surface area contributed by atoms with Gasteiger partial charge in [0, 0.05) is 26.7 Å². The molecular formula is C12H17ClN4O4. The van der Waals surface area contributed by atoms with Crippen molar-refractivity contribution in [2.75, 3.05) is 38.3 Å². The first-order valence-corrected chi connectivity index (χ1v) is 6.88. The highest BCUT2D eigenvalue weighted by molar-refractivity contribution is 6.33. The van der Waals surface area contributed by atoms with E-state index < -0.39 is 17.6 Å².